The molecular formula is C27H32N4O. The number of rotatable bonds is 4. The molecule has 32 heavy (non-hydrogen) atoms. The first-order valence-corrected chi connectivity index (χ1v) is 11.9. The summed E-state index contributed by atoms with van der Waals surface area (Å²) in [5.41, 5.74) is 5.94. The predicted octanol–water partition coefficient (Wildman–Crippen LogP) is 6.46. The molecule has 2 atom stereocenters. The fourth-order valence-electron chi connectivity index (χ4n) is 5.32. The zero-order valence-electron chi connectivity index (χ0n) is 19.0. The number of fused-ring (bicyclic) bond motifs is 1. The number of carbonyl (C=O) groups excluding carboxylic acids is 1. The maximum absolute atomic E-state index is 12.6. The molecular weight excluding hydrogens is 396 g/mol. The number of imidazole rings is 1. The van der Waals surface area contributed by atoms with Crippen molar-refractivity contribution in [1.82, 2.24) is 15.0 Å². The normalized spacial score (nSPS) is 25.9. The minimum Gasteiger partial charge on any atom is -0.337 e. The van der Waals surface area contributed by atoms with E-state index in [1.165, 1.54) is 31.4 Å². The Balaban J connectivity index is 1.30. The number of H-pyrrole nitrogens is 1. The van der Waals surface area contributed by atoms with Crippen LogP contribution >= 0.6 is 0 Å². The number of nitrogens with zero attached hydrogens (tertiary/aromatic N) is 2. The van der Waals surface area contributed by atoms with Crippen molar-refractivity contribution in [3.05, 3.63) is 54.4 Å². The summed E-state index contributed by atoms with van der Waals surface area (Å²) in [5.74, 6) is 2.72. The van der Waals surface area contributed by atoms with E-state index in [2.05, 4.69) is 36.8 Å². The van der Waals surface area contributed by atoms with Gasteiger partial charge in [-0.15, -0.1) is 0 Å². The van der Waals surface area contributed by atoms with Gasteiger partial charge < -0.3 is 10.3 Å². The molecule has 1 aromatic carbocycles. The van der Waals surface area contributed by atoms with Crippen LogP contribution in [0.4, 0.5) is 5.69 Å². The van der Waals surface area contributed by atoms with Crippen molar-refractivity contribution >= 4 is 22.6 Å². The minimum absolute atomic E-state index is 0.0477. The van der Waals surface area contributed by atoms with Crippen molar-refractivity contribution in [2.75, 3.05) is 5.32 Å². The molecule has 2 N–H and O–H groups in total. The molecule has 0 saturated heterocycles. The van der Waals surface area contributed by atoms with Crippen LogP contribution in [-0.2, 0) is 4.79 Å². The molecule has 0 aliphatic heterocycles. The van der Waals surface area contributed by atoms with Gasteiger partial charge in [0.15, 0.2) is 0 Å². The zero-order valence-corrected chi connectivity index (χ0v) is 19.0. The molecule has 1 amide bonds. The fourth-order valence-corrected chi connectivity index (χ4v) is 5.32. The maximum Gasteiger partial charge on any atom is 0.231 e. The van der Waals surface area contributed by atoms with Gasteiger partial charge in [0.1, 0.15) is 5.82 Å². The second-order valence-electron chi connectivity index (χ2n) is 9.99. The van der Waals surface area contributed by atoms with Crippen LogP contribution in [-0.4, -0.2) is 20.9 Å². The van der Waals surface area contributed by atoms with E-state index in [4.69, 9.17) is 9.97 Å². The SMILES string of the molecule is C=C1CC(C)CC1C(=O)Nc1ccc(-c2nc3cc(C4CCC(C)CC4)ncc3[nH]2)cc1. The number of nitrogens with one attached hydrogen (secondary N) is 2. The van der Waals surface area contributed by atoms with Crippen LogP contribution in [0, 0.1) is 17.8 Å². The average Bonchev–Trinajstić information content (AvgIpc) is 3.36. The molecule has 5 heteroatoms. The first-order chi connectivity index (χ1) is 15.5. The first kappa shape index (κ1) is 20.9. The summed E-state index contributed by atoms with van der Waals surface area (Å²) in [5, 5.41) is 3.05. The van der Waals surface area contributed by atoms with Crippen LogP contribution in [0.5, 0.6) is 0 Å². The molecule has 2 aromatic heterocycles. The Morgan fingerprint density at radius 3 is 2.53 bits per heavy atom. The van der Waals surface area contributed by atoms with Gasteiger partial charge in [0.05, 0.1) is 23.1 Å². The molecule has 2 aliphatic carbocycles. The third-order valence-corrected chi connectivity index (χ3v) is 7.31. The highest BCUT2D eigenvalue weighted by Gasteiger charge is 2.30. The Bertz CT molecular complexity index is 1140. The summed E-state index contributed by atoms with van der Waals surface area (Å²) in [7, 11) is 0. The summed E-state index contributed by atoms with van der Waals surface area (Å²) in [4.78, 5) is 25.6. The van der Waals surface area contributed by atoms with E-state index in [-0.39, 0.29) is 11.8 Å². The van der Waals surface area contributed by atoms with Gasteiger partial charge in [-0.1, -0.05) is 38.8 Å². The summed E-state index contributed by atoms with van der Waals surface area (Å²) < 4.78 is 0. The highest BCUT2D eigenvalue weighted by atomic mass is 16.1. The quantitative estimate of drug-likeness (QED) is 0.469. The van der Waals surface area contributed by atoms with Gasteiger partial charge in [-0.3, -0.25) is 9.78 Å². The van der Waals surface area contributed by atoms with Crippen LogP contribution in [0.25, 0.3) is 22.4 Å². The van der Waals surface area contributed by atoms with Gasteiger partial charge in [0.25, 0.3) is 0 Å². The number of benzene rings is 1. The Morgan fingerprint density at radius 1 is 1.09 bits per heavy atom. The molecule has 2 fully saturated rings. The zero-order chi connectivity index (χ0) is 22.2. The van der Waals surface area contributed by atoms with Crippen molar-refractivity contribution in [2.24, 2.45) is 17.8 Å². The van der Waals surface area contributed by atoms with Crippen LogP contribution < -0.4 is 5.32 Å². The molecule has 166 valence electrons. The lowest BCUT2D eigenvalue weighted by Gasteiger charge is -2.25. The number of pyridine rings is 1. The van der Waals surface area contributed by atoms with E-state index in [9.17, 15) is 4.79 Å². The Kier molecular flexibility index (Phi) is 5.58. The van der Waals surface area contributed by atoms with Crippen molar-refractivity contribution in [2.45, 2.75) is 58.3 Å². The van der Waals surface area contributed by atoms with E-state index in [0.29, 0.717) is 11.8 Å². The van der Waals surface area contributed by atoms with Gasteiger partial charge in [0, 0.05) is 22.9 Å². The number of carbonyl (C=O) groups is 1. The Hall–Kier alpha value is -2.95. The lowest BCUT2D eigenvalue weighted by Crippen LogP contribution is -2.21. The molecule has 0 bridgehead atoms. The lowest BCUT2D eigenvalue weighted by molar-refractivity contribution is -0.118. The number of aromatic nitrogens is 3. The highest BCUT2D eigenvalue weighted by molar-refractivity contribution is 5.94. The maximum atomic E-state index is 12.6. The van der Waals surface area contributed by atoms with Gasteiger partial charge in [0.2, 0.25) is 5.91 Å². The number of amides is 1. The lowest BCUT2D eigenvalue weighted by atomic mass is 9.81. The molecule has 0 radical (unpaired) electrons. The van der Waals surface area contributed by atoms with Gasteiger partial charge in [-0.25, -0.2) is 4.98 Å². The van der Waals surface area contributed by atoms with Crippen molar-refractivity contribution in [3.63, 3.8) is 0 Å². The average molecular weight is 429 g/mol. The van der Waals surface area contributed by atoms with E-state index < -0.39 is 0 Å². The number of anilines is 1. The third kappa shape index (κ3) is 4.21. The van der Waals surface area contributed by atoms with E-state index in [0.717, 1.165) is 52.4 Å². The smallest absolute Gasteiger partial charge is 0.231 e. The van der Waals surface area contributed by atoms with Crippen LogP contribution in [0.15, 0.2) is 48.7 Å². The monoisotopic (exact) mass is 428 g/mol. The molecule has 5 rings (SSSR count). The highest BCUT2D eigenvalue weighted by Crippen LogP contribution is 2.36. The van der Waals surface area contributed by atoms with Gasteiger partial charge >= 0.3 is 0 Å². The van der Waals surface area contributed by atoms with Gasteiger partial charge in [-0.05, 0) is 67.9 Å². The molecule has 2 heterocycles. The molecule has 3 aromatic rings. The Morgan fingerprint density at radius 2 is 1.84 bits per heavy atom. The Labute approximate surface area is 189 Å². The van der Waals surface area contributed by atoms with Crippen LogP contribution in [0.1, 0.15) is 64.0 Å². The molecule has 5 nitrogen and oxygen atoms in total. The number of hydrogen-bond donors (Lipinski definition) is 2. The standard InChI is InChI=1S/C27H32N4O/c1-16-4-6-19(7-5-16)23-14-24-25(15-28-23)31-26(30-24)20-8-10-21(11-9-20)29-27(32)22-13-17(2)12-18(22)3/h8-11,14-17,19,22H,3-7,12-13H2,1-2H3,(H,29,32)(H,30,31). The summed E-state index contributed by atoms with van der Waals surface area (Å²) in [6.45, 7) is 8.60. The topological polar surface area (TPSA) is 70.7 Å². The predicted molar refractivity (Wildman–Crippen MR) is 129 cm³/mol. The van der Waals surface area contributed by atoms with E-state index in [1.54, 1.807) is 0 Å². The summed E-state index contributed by atoms with van der Waals surface area (Å²) in [6, 6.07) is 10.0. The third-order valence-electron chi connectivity index (χ3n) is 7.31. The molecule has 2 unspecified atom stereocenters. The summed E-state index contributed by atoms with van der Waals surface area (Å²) in [6.07, 6.45) is 8.76. The van der Waals surface area contributed by atoms with Crippen molar-refractivity contribution < 1.29 is 4.79 Å². The second-order valence-corrected chi connectivity index (χ2v) is 9.99. The van der Waals surface area contributed by atoms with Crippen LogP contribution in [0.2, 0.25) is 0 Å². The van der Waals surface area contributed by atoms with Crippen molar-refractivity contribution in [1.29, 1.82) is 0 Å². The van der Waals surface area contributed by atoms with E-state index >= 15 is 0 Å². The first-order valence-electron chi connectivity index (χ1n) is 11.9. The summed E-state index contributed by atoms with van der Waals surface area (Å²) >= 11 is 0. The number of aromatic amines is 1. The molecule has 0 spiro atoms. The van der Waals surface area contributed by atoms with E-state index in [1.807, 2.05) is 30.5 Å². The molecule has 2 saturated carbocycles. The minimum atomic E-state index is -0.0749. The number of hydrogen-bond acceptors (Lipinski definition) is 3. The van der Waals surface area contributed by atoms with Crippen molar-refractivity contribution in [3.8, 4) is 11.4 Å². The van der Waals surface area contributed by atoms with Gasteiger partial charge in [-0.2, -0.15) is 0 Å². The largest absolute Gasteiger partial charge is 0.337 e. The molecule has 2 aliphatic rings. The van der Waals surface area contributed by atoms with Crippen LogP contribution in [0.3, 0.4) is 0 Å². The second kappa shape index (κ2) is 8.53. The fraction of sp³-hybridized carbons (Fsp3) is 0.444.